The van der Waals surface area contributed by atoms with Gasteiger partial charge in [-0.05, 0) is 24.6 Å². The summed E-state index contributed by atoms with van der Waals surface area (Å²) in [6.45, 7) is 1.27. The van der Waals surface area contributed by atoms with Gasteiger partial charge in [0.25, 0.3) is 0 Å². The maximum Gasteiger partial charge on any atom is 0.420 e. The van der Waals surface area contributed by atoms with Gasteiger partial charge in [-0.2, -0.15) is 13.2 Å². The van der Waals surface area contributed by atoms with Crippen molar-refractivity contribution in [1.82, 2.24) is 0 Å². The smallest absolute Gasteiger partial charge is 0.420 e. The summed E-state index contributed by atoms with van der Waals surface area (Å²) in [5, 5.41) is 9.35. The average molecular weight is 248 g/mol. The number of benzene rings is 1. The number of carbonyl (C=O) groups excluding carboxylic acids is 1. The fraction of sp³-hybridized carbons (Fsp3) is 0.364. The number of rotatable bonds is 3. The molecule has 0 aromatic heterocycles. The Bertz CT molecular complexity index is 438. The number of ketones is 1. The minimum Gasteiger partial charge on any atom is -0.504 e. The third-order valence-corrected chi connectivity index (χ3v) is 2.11. The van der Waals surface area contributed by atoms with Crippen LogP contribution in [0.25, 0.3) is 0 Å². The lowest BCUT2D eigenvalue weighted by Crippen LogP contribution is -2.08. The first-order valence-electron chi connectivity index (χ1n) is 4.72. The van der Waals surface area contributed by atoms with Crippen LogP contribution in [0.3, 0.4) is 0 Å². The van der Waals surface area contributed by atoms with Gasteiger partial charge < -0.3 is 9.84 Å². The van der Waals surface area contributed by atoms with Gasteiger partial charge in [0.2, 0.25) is 0 Å². The van der Waals surface area contributed by atoms with Crippen molar-refractivity contribution in [2.75, 3.05) is 7.11 Å². The zero-order valence-electron chi connectivity index (χ0n) is 9.26. The molecule has 0 fully saturated rings. The first-order chi connectivity index (χ1) is 7.75. The maximum atomic E-state index is 12.6. The van der Waals surface area contributed by atoms with E-state index in [4.69, 9.17) is 0 Å². The van der Waals surface area contributed by atoms with Crippen LogP contribution in [-0.2, 0) is 17.4 Å². The van der Waals surface area contributed by atoms with E-state index in [0.717, 1.165) is 13.2 Å². The van der Waals surface area contributed by atoms with Crippen molar-refractivity contribution in [1.29, 1.82) is 0 Å². The fourth-order valence-corrected chi connectivity index (χ4v) is 1.43. The summed E-state index contributed by atoms with van der Waals surface area (Å²) in [4.78, 5) is 10.9. The molecular formula is C11H11F3O3. The molecule has 6 heteroatoms. The Kier molecular flexibility index (Phi) is 3.65. The Hall–Kier alpha value is -1.72. The van der Waals surface area contributed by atoms with Crippen LogP contribution in [0, 0.1) is 0 Å². The average Bonchev–Trinajstić information content (AvgIpc) is 2.17. The number of phenolic OH excluding ortho intramolecular Hbond substituents is 1. The Morgan fingerprint density at radius 1 is 1.41 bits per heavy atom. The van der Waals surface area contributed by atoms with Gasteiger partial charge in [0.05, 0.1) is 7.11 Å². The van der Waals surface area contributed by atoms with Crippen LogP contribution in [0.1, 0.15) is 18.1 Å². The first kappa shape index (κ1) is 13.3. The molecule has 3 nitrogen and oxygen atoms in total. The zero-order valence-corrected chi connectivity index (χ0v) is 9.26. The molecule has 0 heterocycles. The zero-order chi connectivity index (χ0) is 13.2. The molecule has 17 heavy (non-hydrogen) atoms. The van der Waals surface area contributed by atoms with Crippen molar-refractivity contribution in [3.05, 3.63) is 23.3 Å². The lowest BCUT2D eigenvalue weighted by atomic mass is 10.0. The van der Waals surface area contributed by atoms with E-state index in [2.05, 4.69) is 4.74 Å². The van der Waals surface area contributed by atoms with Gasteiger partial charge in [-0.25, -0.2) is 0 Å². The highest BCUT2D eigenvalue weighted by atomic mass is 19.4. The van der Waals surface area contributed by atoms with Crippen molar-refractivity contribution in [3.63, 3.8) is 0 Å². The Morgan fingerprint density at radius 2 is 2.00 bits per heavy atom. The van der Waals surface area contributed by atoms with Gasteiger partial charge in [0.15, 0.2) is 11.5 Å². The Morgan fingerprint density at radius 3 is 2.41 bits per heavy atom. The van der Waals surface area contributed by atoms with Gasteiger partial charge in [0, 0.05) is 6.42 Å². The molecule has 0 aliphatic carbocycles. The highest BCUT2D eigenvalue weighted by molar-refractivity contribution is 5.78. The normalized spacial score (nSPS) is 11.4. The molecule has 1 N–H and O–H groups in total. The van der Waals surface area contributed by atoms with Crippen LogP contribution in [-0.4, -0.2) is 18.0 Å². The summed E-state index contributed by atoms with van der Waals surface area (Å²) in [5.74, 6) is -1.53. The number of methoxy groups -OCH3 is 1. The van der Waals surface area contributed by atoms with Crippen LogP contribution in [0.15, 0.2) is 12.1 Å². The number of ether oxygens (including phenoxy) is 1. The number of halogens is 3. The van der Waals surface area contributed by atoms with Gasteiger partial charge in [0.1, 0.15) is 11.3 Å². The highest BCUT2D eigenvalue weighted by Gasteiger charge is 2.35. The predicted molar refractivity (Wildman–Crippen MR) is 54.0 cm³/mol. The van der Waals surface area contributed by atoms with E-state index in [1.807, 2.05) is 0 Å². The predicted octanol–water partition coefficient (Wildman–Crippen LogP) is 2.55. The second-order valence-electron chi connectivity index (χ2n) is 3.57. The molecule has 0 saturated carbocycles. The van der Waals surface area contributed by atoms with E-state index in [-0.39, 0.29) is 23.5 Å². The number of aromatic hydroxyl groups is 1. The first-order valence-corrected chi connectivity index (χ1v) is 4.72. The largest absolute Gasteiger partial charge is 0.504 e. The van der Waals surface area contributed by atoms with Crippen molar-refractivity contribution < 1.29 is 27.8 Å². The van der Waals surface area contributed by atoms with Gasteiger partial charge in [-0.1, -0.05) is 0 Å². The molecule has 0 bridgehead atoms. The third kappa shape index (κ3) is 3.12. The molecule has 0 unspecified atom stereocenters. The van der Waals surface area contributed by atoms with Crippen LogP contribution in [0.4, 0.5) is 13.2 Å². The second-order valence-corrected chi connectivity index (χ2v) is 3.57. The number of phenols is 1. The molecule has 1 aromatic carbocycles. The number of carbonyl (C=O) groups is 1. The summed E-state index contributed by atoms with van der Waals surface area (Å²) in [6.07, 6.45) is -4.83. The Labute approximate surface area is 95.8 Å². The molecule has 0 radical (unpaired) electrons. The summed E-state index contributed by atoms with van der Waals surface area (Å²) >= 11 is 0. The molecule has 0 amide bonds. The maximum absolute atomic E-state index is 12.6. The van der Waals surface area contributed by atoms with Crippen molar-refractivity contribution >= 4 is 5.78 Å². The minimum atomic E-state index is -4.69. The standard InChI is InChI=1S/C11H11F3O3/c1-6(15)3-7-4-8(11(12,13)14)10(16)9(5-7)17-2/h4-5,16H,3H2,1-2H3. The van der Waals surface area contributed by atoms with Gasteiger partial charge >= 0.3 is 6.18 Å². The summed E-state index contributed by atoms with van der Waals surface area (Å²) < 4.78 is 42.4. The SMILES string of the molecule is COc1cc(CC(C)=O)cc(C(F)(F)F)c1O. The van der Waals surface area contributed by atoms with Crippen LogP contribution in [0.2, 0.25) is 0 Å². The molecule has 1 aromatic rings. The number of alkyl halides is 3. The lowest BCUT2D eigenvalue weighted by molar-refractivity contribution is -0.139. The van der Waals surface area contributed by atoms with Crippen LogP contribution in [0.5, 0.6) is 11.5 Å². The van der Waals surface area contributed by atoms with E-state index in [0.29, 0.717) is 0 Å². The summed E-state index contributed by atoms with van der Waals surface area (Å²) in [6, 6.07) is 1.96. The number of hydrogen-bond donors (Lipinski definition) is 1. The topological polar surface area (TPSA) is 46.5 Å². The Balaban J connectivity index is 3.33. The van der Waals surface area contributed by atoms with Crippen molar-refractivity contribution in [2.45, 2.75) is 19.5 Å². The van der Waals surface area contributed by atoms with Gasteiger partial charge in [-0.15, -0.1) is 0 Å². The number of hydrogen-bond acceptors (Lipinski definition) is 3. The highest BCUT2D eigenvalue weighted by Crippen LogP contribution is 2.41. The van der Waals surface area contributed by atoms with Crippen molar-refractivity contribution in [3.8, 4) is 11.5 Å². The molecule has 0 aliphatic heterocycles. The third-order valence-electron chi connectivity index (χ3n) is 2.11. The van der Waals surface area contributed by atoms with Crippen LogP contribution < -0.4 is 4.74 Å². The fourth-order valence-electron chi connectivity index (χ4n) is 1.43. The van der Waals surface area contributed by atoms with Crippen molar-refractivity contribution in [2.24, 2.45) is 0 Å². The van der Waals surface area contributed by atoms with E-state index in [1.165, 1.54) is 13.0 Å². The molecule has 0 aliphatic rings. The van der Waals surface area contributed by atoms with E-state index in [9.17, 15) is 23.1 Å². The molecule has 1 rings (SSSR count). The molecule has 0 spiro atoms. The van der Waals surface area contributed by atoms with E-state index in [1.54, 1.807) is 0 Å². The molecular weight excluding hydrogens is 237 g/mol. The van der Waals surface area contributed by atoms with Gasteiger partial charge in [-0.3, -0.25) is 4.79 Å². The van der Waals surface area contributed by atoms with E-state index < -0.39 is 17.5 Å². The summed E-state index contributed by atoms with van der Waals surface area (Å²) in [7, 11) is 1.15. The minimum absolute atomic E-state index is 0.139. The van der Waals surface area contributed by atoms with Crippen LogP contribution >= 0.6 is 0 Å². The molecule has 0 saturated heterocycles. The lowest BCUT2D eigenvalue weighted by Gasteiger charge is -2.13. The second kappa shape index (κ2) is 4.65. The number of Topliss-reactive ketones (excluding diaryl/α,β-unsaturated/α-hetero) is 1. The quantitative estimate of drug-likeness (QED) is 0.894. The molecule has 94 valence electrons. The summed E-state index contributed by atoms with van der Waals surface area (Å²) in [5.41, 5.74) is -1.05. The molecule has 0 atom stereocenters. The monoisotopic (exact) mass is 248 g/mol. The van der Waals surface area contributed by atoms with E-state index >= 15 is 0 Å².